The van der Waals surface area contributed by atoms with E-state index in [1.54, 1.807) is 0 Å². The Morgan fingerprint density at radius 2 is 2.23 bits per heavy atom. The zero-order valence-electron chi connectivity index (χ0n) is 16.9. The molecule has 4 rings (SSSR count). The molecule has 9 nitrogen and oxygen atoms in total. The van der Waals surface area contributed by atoms with Gasteiger partial charge < -0.3 is 19.8 Å². The van der Waals surface area contributed by atoms with Crippen LogP contribution in [0.3, 0.4) is 0 Å². The molecule has 0 unspecified atom stereocenters. The Bertz CT molecular complexity index is 994. The second-order valence-electron chi connectivity index (χ2n) is 7.60. The van der Waals surface area contributed by atoms with Crippen molar-refractivity contribution in [2.24, 2.45) is 0 Å². The second-order valence-corrected chi connectivity index (χ2v) is 7.60. The molecule has 0 aromatic carbocycles. The van der Waals surface area contributed by atoms with Crippen molar-refractivity contribution in [3.8, 4) is 0 Å². The van der Waals surface area contributed by atoms with Crippen molar-refractivity contribution in [1.82, 2.24) is 24.9 Å². The fraction of sp³-hybridized carbons (Fsp3) is 0.429. The minimum atomic E-state index is -0.355. The van der Waals surface area contributed by atoms with E-state index in [9.17, 15) is 9.59 Å². The van der Waals surface area contributed by atoms with Crippen LogP contribution in [-0.2, 0) is 16.0 Å². The van der Waals surface area contributed by atoms with Crippen molar-refractivity contribution in [2.45, 2.75) is 51.0 Å². The van der Waals surface area contributed by atoms with E-state index in [4.69, 9.17) is 4.74 Å². The Kier molecular flexibility index (Phi) is 5.97. The van der Waals surface area contributed by atoms with Crippen LogP contribution in [0.1, 0.15) is 49.9 Å². The summed E-state index contributed by atoms with van der Waals surface area (Å²) in [5.41, 5.74) is 2.45. The van der Waals surface area contributed by atoms with Gasteiger partial charge in [-0.2, -0.15) is 5.10 Å². The van der Waals surface area contributed by atoms with Crippen molar-refractivity contribution in [3.63, 3.8) is 0 Å². The number of carbonyl (C=O) groups excluding carboxylic acids is 2. The van der Waals surface area contributed by atoms with Gasteiger partial charge >= 0.3 is 6.09 Å². The van der Waals surface area contributed by atoms with Crippen LogP contribution < -0.4 is 10.6 Å². The van der Waals surface area contributed by atoms with Crippen molar-refractivity contribution >= 4 is 23.5 Å². The maximum absolute atomic E-state index is 12.4. The molecule has 0 saturated heterocycles. The monoisotopic (exact) mass is 410 g/mol. The molecule has 1 aliphatic carbocycles. The number of carbonyl (C=O) groups is 2. The van der Waals surface area contributed by atoms with Crippen LogP contribution in [0.25, 0.3) is 5.65 Å². The number of imidazole rings is 1. The summed E-state index contributed by atoms with van der Waals surface area (Å²) < 4.78 is 7.35. The largest absolute Gasteiger partial charge is 0.446 e. The first kappa shape index (κ1) is 19.9. The summed E-state index contributed by atoms with van der Waals surface area (Å²) in [4.78, 5) is 28.5. The van der Waals surface area contributed by atoms with Crippen molar-refractivity contribution in [3.05, 3.63) is 48.0 Å². The third kappa shape index (κ3) is 4.79. The number of anilines is 1. The van der Waals surface area contributed by atoms with Gasteiger partial charge in [-0.15, -0.1) is 0 Å². The number of hydrogen-bond acceptors (Lipinski definition) is 5. The zero-order valence-corrected chi connectivity index (χ0v) is 16.9. The molecule has 1 aliphatic rings. The lowest BCUT2D eigenvalue weighted by Gasteiger charge is -2.12. The van der Waals surface area contributed by atoms with Crippen LogP contribution in [0.5, 0.6) is 0 Å². The molecule has 3 aromatic heterocycles. The van der Waals surface area contributed by atoms with E-state index in [1.807, 2.05) is 48.0 Å². The number of H-pyrrole nitrogens is 1. The topological polar surface area (TPSA) is 113 Å². The number of amides is 2. The quantitative estimate of drug-likeness (QED) is 0.554. The number of fused-ring (bicyclic) bond motifs is 1. The van der Waals surface area contributed by atoms with Gasteiger partial charge in [-0.1, -0.05) is 13.0 Å². The Hall–Kier alpha value is -3.36. The Morgan fingerprint density at radius 3 is 3.07 bits per heavy atom. The fourth-order valence-corrected chi connectivity index (χ4v) is 3.78. The fourth-order valence-electron chi connectivity index (χ4n) is 3.78. The SMILES string of the molecule is CCCNC(=O)O[C@H]1CC[C@@H](c2cc(NC(=O)Cc3cn4ccccc4n3)n[nH]2)C1. The predicted molar refractivity (Wildman–Crippen MR) is 111 cm³/mol. The highest BCUT2D eigenvalue weighted by Gasteiger charge is 2.30. The summed E-state index contributed by atoms with van der Waals surface area (Å²) in [7, 11) is 0. The van der Waals surface area contributed by atoms with Gasteiger partial charge in [-0.05, 0) is 37.8 Å². The van der Waals surface area contributed by atoms with Gasteiger partial charge in [0.1, 0.15) is 11.8 Å². The molecule has 0 spiro atoms. The summed E-state index contributed by atoms with van der Waals surface area (Å²) in [5, 5.41) is 12.8. The van der Waals surface area contributed by atoms with Gasteiger partial charge in [0.2, 0.25) is 5.91 Å². The van der Waals surface area contributed by atoms with E-state index in [0.717, 1.165) is 37.0 Å². The van der Waals surface area contributed by atoms with Crippen LogP contribution in [0.2, 0.25) is 0 Å². The van der Waals surface area contributed by atoms with Crippen LogP contribution in [0.15, 0.2) is 36.7 Å². The lowest BCUT2D eigenvalue weighted by molar-refractivity contribution is -0.115. The van der Waals surface area contributed by atoms with E-state index in [1.165, 1.54) is 0 Å². The summed E-state index contributed by atoms with van der Waals surface area (Å²) in [6, 6.07) is 7.58. The van der Waals surface area contributed by atoms with Crippen molar-refractivity contribution in [2.75, 3.05) is 11.9 Å². The number of ether oxygens (including phenoxy) is 1. The first-order valence-electron chi connectivity index (χ1n) is 10.3. The number of alkyl carbamates (subject to hydrolysis) is 1. The number of aromatic amines is 1. The molecule has 3 N–H and O–H groups in total. The van der Waals surface area contributed by atoms with Crippen LogP contribution >= 0.6 is 0 Å². The first-order chi connectivity index (χ1) is 14.6. The average molecular weight is 410 g/mol. The van der Waals surface area contributed by atoms with Gasteiger partial charge in [-0.3, -0.25) is 9.89 Å². The Labute approximate surface area is 174 Å². The van der Waals surface area contributed by atoms with Gasteiger partial charge in [-0.25, -0.2) is 9.78 Å². The maximum atomic E-state index is 12.4. The average Bonchev–Trinajstić information content (AvgIpc) is 3.45. The summed E-state index contributed by atoms with van der Waals surface area (Å²) >= 11 is 0. The second kappa shape index (κ2) is 8.98. The third-order valence-corrected chi connectivity index (χ3v) is 5.24. The van der Waals surface area contributed by atoms with Crippen LogP contribution in [-0.4, -0.2) is 44.2 Å². The van der Waals surface area contributed by atoms with Crippen molar-refractivity contribution < 1.29 is 14.3 Å². The minimum absolute atomic E-state index is 0.0942. The van der Waals surface area contributed by atoms with Gasteiger partial charge in [0.15, 0.2) is 5.82 Å². The van der Waals surface area contributed by atoms with Gasteiger partial charge in [0.05, 0.1) is 12.1 Å². The molecule has 2 amide bonds. The van der Waals surface area contributed by atoms with Gasteiger partial charge in [0, 0.05) is 36.6 Å². The standard InChI is InChI=1S/C21H26N6O3/c1-2-8-22-21(29)30-16-7-6-14(10-16)17-12-18(26-25-17)24-20(28)11-15-13-27-9-4-3-5-19(27)23-15/h3-5,9,12-14,16H,2,6-8,10-11H2,1H3,(H,22,29)(H2,24,25,26,28)/t14-,16+/m1/s1. The summed E-state index contributed by atoms with van der Waals surface area (Å²) in [5.74, 6) is 0.547. The van der Waals surface area contributed by atoms with E-state index in [2.05, 4.69) is 25.8 Å². The molecule has 0 radical (unpaired) electrons. The molecule has 0 bridgehead atoms. The molecule has 3 heterocycles. The normalized spacial score (nSPS) is 18.4. The molecule has 30 heavy (non-hydrogen) atoms. The number of nitrogens with zero attached hydrogens (tertiary/aromatic N) is 3. The molecular formula is C21H26N6O3. The smallest absolute Gasteiger partial charge is 0.407 e. The van der Waals surface area contributed by atoms with E-state index in [0.29, 0.717) is 18.1 Å². The first-order valence-corrected chi connectivity index (χ1v) is 10.3. The van der Waals surface area contributed by atoms with E-state index >= 15 is 0 Å². The maximum Gasteiger partial charge on any atom is 0.407 e. The molecule has 3 aromatic rings. The highest BCUT2D eigenvalue weighted by molar-refractivity contribution is 5.91. The number of aromatic nitrogens is 4. The Morgan fingerprint density at radius 1 is 1.33 bits per heavy atom. The molecular weight excluding hydrogens is 384 g/mol. The Balaban J connectivity index is 1.28. The molecule has 1 fully saturated rings. The number of nitrogens with one attached hydrogen (secondary N) is 3. The predicted octanol–water partition coefficient (Wildman–Crippen LogP) is 3.01. The highest BCUT2D eigenvalue weighted by Crippen LogP contribution is 2.35. The number of pyridine rings is 1. The molecule has 2 atom stereocenters. The highest BCUT2D eigenvalue weighted by atomic mass is 16.6. The molecule has 1 saturated carbocycles. The summed E-state index contributed by atoms with van der Waals surface area (Å²) in [6.45, 7) is 2.62. The minimum Gasteiger partial charge on any atom is -0.446 e. The lowest BCUT2D eigenvalue weighted by Crippen LogP contribution is -2.28. The van der Waals surface area contributed by atoms with Gasteiger partial charge in [0.25, 0.3) is 0 Å². The number of rotatable bonds is 7. The van der Waals surface area contributed by atoms with E-state index < -0.39 is 0 Å². The molecule has 158 valence electrons. The molecule has 9 heteroatoms. The number of hydrogen-bond donors (Lipinski definition) is 3. The van der Waals surface area contributed by atoms with Crippen molar-refractivity contribution in [1.29, 1.82) is 0 Å². The zero-order chi connectivity index (χ0) is 20.9. The van der Waals surface area contributed by atoms with Crippen LogP contribution in [0, 0.1) is 0 Å². The third-order valence-electron chi connectivity index (χ3n) is 5.24. The lowest BCUT2D eigenvalue weighted by atomic mass is 10.0. The summed E-state index contributed by atoms with van der Waals surface area (Å²) in [6.07, 6.45) is 6.82. The molecule has 0 aliphatic heterocycles. The van der Waals surface area contributed by atoms with Crippen LogP contribution in [0.4, 0.5) is 10.6 Å². The van der Waals surface area contributed by atoms with E-state index in [-0.39, 0.29) is 30.4 Å².